The van der Waals surface area contributed by atoms with Crippen molar-refractivity contribution in [2.45, 2.75) is 20.4 Å². The average Bonchev–Trinajstić information content (AvgIpc) is 2.81. The number of nitrogens with one attached hydrogen (secondary N) is 1. The first-order chi connectivity index (χ1) is 16.3. The molecule has 34 heavy (non-hydrogen) atoms. The molecule has 0 atom stereocenters. The lowest BCUT2D eigenvalue weighted by Gasteiger charge is -2.35. The minimum Gasteiger partial charge on any atom is -0.495 e. The lowest BCUT2D eigenvalue weighted by molar-refractivity contribution is 0.102. The van der Waals surface area contributed by atoms with Gasteiger partial charge in [-0.1, -0.05) is 26.0 Å². The number of piperazine rings is 1. The van der Waals surface area contributed by atoms with Gasteiger partial charge in [0.1, 0.15) is 17.1 Å². The number of pyridine rings is 1. The molecule has 0 aliphatic carbocycles. The number of anilines is 2. The normalized spacial score (nSPS) is 14.6. The maximum absolute atomic E-state index is 14.2. The molecular weight excluding hydrogens is 435 g/mol. The van der Waals surface area contributed by atoms with Crippen molar-refractivity contribution in [3.05, 3.63) is 64.2 Å². The lowest BCUT2D eigenvalue weighted by Crippen LogP contribution is -2.44. The van der Waals surface area contributed by atoms with Crippen molar-refractivity contribution < 1.29 is 13.9 Å². The van der Waals surface area contributed by atoms with Crippen molar-refractivity contribution in [1.29, 1.82) is 0 Å². The van der Waals surface area contributed by atoms with Crippen molar-refractivity contribution in [3.63, 3.8) is 0 Å². The maximum Gasteiger partial charge on any atom is 0.267 e. The van der Waals surface area contributed by atoms with Gasteiger partial charge in [-0.2, -0.15) is 0 Å². The highest BCUT2D eigenvalue weighted by Crippen LogP contribution is 2.31. The molecule has 1 aliphatic heterocycles. The zero-order chi connectivity index (χ0) is 24.4. The Hall–Kier alpha value is -3.39. The van der Waals surface area contributed by atoms with Crippen LogP contribution in [0.4, 0.5) is 15.8 Å². The molecule has 1 N–H and O–H groups in total. The number of hydrogen-bond acceptors (Lipinski definition) is 5. The molecule has 2 aromatic carbocycles. The summed E-state index contributed by atoms with van der Waals surface area (Å²) in [4.78, 5) is 31.4. The molecule has 0 saturated carbocycles. The molecule has 1 fully saturated rings. The van der Waals surface area contributed by atoms with E-state index in [-0.39, 0.29) is 17.2 Å². The number of amides is 1. The fourth-order valence-electron chi connectivity index (χ4n) is 4.45. The van der Waals surface area contributed by atoms with Gasteiger partial charge in [0.15, 0.2) is 0 Å². The van der Waals surface area contributed by atoms with Gasteiger partial charge in [-0.05, 0) is 43.3 Å². The second kappa shape index (κ2) is 9.85. The van der Waals surface area contributed by atoms with Crippen LogP contribution in [-0.4, -0.2) is 55.7 Å². The van der Waals surface area contributed by atoms with Gasteiger partial charge in [0.25, 0.3) is 11.5 Å². The van der Waals surface area contributed by atoms with Crippen LogP contribution in [0, 0.1) is 11.7 Å². The molecule has 4 rings (SSSR count). The van der Waals surface area contributed by atoms with Gasteiger partial charge in [-0.15, -0.1) is 0 Å². The molecule has 3 aromatic rings. The minimum atomic E-state index is -0.619. The summed E-state index contributed by atoms with van der Waals surface area (Å²) in [5, 5.41) is 3.48. The molecule has 1 amide bonds. The summed E-state index contributed by atoms with van der Waals surface area (Å²) in [6, 6.07) is 11.7. The first-order valence-electron chi connectivity index (χ1n) is 11.5. The van der Waals surface area contributed by atoms with Crippen molar-refractivity contribution in [3.8, 4) is 5.75 Å². The quantitative estimate of drug-likeness (QED) is 0.599. The summed E-state index contributed by atoms with van der Waals surface area (Å²) in [6.07, 6.45) is 0. The van der Waals surface area contributed by atoms with Crippen LogP contribution in [-0.2, 0) is 6.54 Å². The third-order valence-electron chi connectivity index (χ3n) is 6.16. The molecule has 7 nitrogen and oxygen atoms in total. The zero-order valence-electron chi connectivity index (χ0n) is 20.1. The predicted molar refractivity (Wildman–Crippen MR) is 134 cm³/mol. The third-order valence-corrected chi connectivity index (χ3v) is 6.16. The molecule has 0 radical (unpaired) electrons. The number of benzene rings is 2. The fourth-order valence-corrected chi connectivity index (χ4v) is 4.45. The van der Waals surface area contributed by atoms with Crippen LogP contribution in [0.2, 0.25) is 0 Å². The van der Waals surface area contributed by atoms with E-state index in [1.807, 2.05) is 38.1 Å². The fraction of sp³-hybridized carbons (Fsp3) is 0.385. The second-order valence-corrected chi connectivity index (χ2v) is 9.14. The van der Waals surface area contributed by atoms with E-state index in [9.17, 15) is 14.0 Å². The van der Waals surface area contributed by atoms with Crippen molar-refractivity contribution in [2.24, 2.45) is 5.92 Å². The van der Waals surface area contributed by atoms with Crippen molar-refractivity contribution >= 4 is 28.2 Å². The van der Waals surface area contributed by atoms with E-state index in [1.54, 1.807) is 10.6 Å². The van der Waals surface area contributed by atoms with E-state index < -0.39 is 17.3 Å². The Morgan fingerprint density at radius 3 is 2.50 bits per heavy atom. The first kappa shape index (κ1) is 23.8. The molecule has 0 unspecified atom stereocenters. The van der Waals surface area contributed by atoms with Crippen LogP contribution in [0.25, 0.3) is 10.9 Å². The number of methoxy groups -OCH3 is 1. The first-order valence-corrected chi connectivity index (χ1v) is 11.5. The van der Waals surface area contributed by atoms with E-state index in [2.05, 4.69) is 22.2 Å². The molecule has 0 bridgehead atoms. The van der Waals surface area contributed by atoms with E-state index in [0.717, 1.165) is 31.9 Å². The van der Waals surface area contributed by atoms with Crippen LogP contribution in [0.5, 0.6) is 5.75 Å². The highest BCUT2D eigenvalue weighted by Gasteiger charge is 2.25. The largest absolute Gasteiger partial charge is 0.495 e. The van der Waals surface area contributed by atoms with E-state index in [4.69, 9.17) is 4.74 Å². The Balaban J connectivity index is 1.79. The SMILES string of the molecule is COc1c(C(=O)Nc2cc(F)ccc2N2CCN(C)CC2)c(=O)n(CC(C)C)c2ccccc12. The van der Waals surface area contributed by atoms with E-state index in [1.165, 1.54) is 19.2 Å². The number of para-hydroxylation sites is 1. The predicted octanol–water partition coefficient (Wildman–Crippen LogP) is 3.81. The van der Waals surface area contributed by atoms with Gasteiger partial charge in [0, 0.05) is 38.1 Å². The summed E-state index contributed by atoms with van der Waals surface area (Å²) in [6.45, 7) is 7.72. The topological polar surface area (TPSA) is 66.8 Å². The summed E-state index contributed by atoms with van der Waals surface area (Å²) < 4.78 is 21.4. The van der Waals surface area contributed by atoms with Gasteiger partial charge < -0.3 is 24.4 Å². The second-order valence-electron chi connectivity index (χ2n) is 9.14. The van der Waals surface area contributed by atoms with Crippen LogP contribution in [0.1, 0.15) is 24.2 Å². The Morgan fingerprint density at radius 1 is 1.12 bits per heavy atom. The number of ether oxygens (including phenoxy) is 1. The number of hydrogen-bond donors (Lipinski definition) is 1. The lowest BCUT2D eigenvalue weighted by atomic mass is 10.1. The molecule has 2 heterocycles. The molecular formula is C26H31FN4O3. The number of likely N-dealkylation sites (N-methyl/N-ethyl adjacent to an activating group) is 1. The Labute approximate surface area is 198 Å². The monoisotopic (exact) mass is 466 g/mol. The number of fused-ring (bicyclic) bond motifs is 1. The van der Waals surface area contributed by atoms with Crippen LogP contribution >= 0.6 is 0 Å². The number of halogens is 1. The Morgan fingerprint density at radius 2 is 1.82 bits per heavy atom. The van der Waals surface area contributed by atoms with Gasteiger partial charge >= 0.3 is 0 Å². The van der Waals surface area contributed by atoms with Crippen LogP contribution in [0.15, 0.2) is 47.3 Å². The van der Waals surface area contributed by atoms with Gasteiger partial charge in [0.05, 0.1) is 24.0 Å². The van der Waals surface area contributed by atoms with Gasteiger partial charge in [-0.25, -0.2) is 4.39 Å². The Bertz CT molecular complexity index is 1260. The van der Waals surface area contributed by atoms with Gasteiger partial charge in [0.2, 0.25) is 0 Å². The van der Waals surface area contributed by atoms with Gasteiger partial charge in [-0.3, -0.25) is 9.59 Å². The summed E-state index contributed by atoms with van der Waals surface area (Å²) in [5.41, 5.74) is 1.25. The van der Waals surface area contributed by atoms with Crippen molar-refractivity contribution in [1.82, 2.24) is 9.47 Å². The molecule has 8 heteroatoms. The summed E-state index contributed by atoms with van der Waals surface area (Å²) >= 11 is 0. The standard InChI is InChI=1S/C26H31FN4O3/c1-17(2)16-31-21-8-6-5-7-19(21)24(34-4)23(26(31)33)25(32)28-20-15-18(27)9-10-22(20)30-13-11-29(3)12-14-30/h5-10,15,17H,11-14,16H2,1-4H3,(H,28,32). The minimum absolute atomic E-state index is 0.0876. The van der Waals surface area contributed by atoms with E-state index in [0.29, 0.717) is 23.1 Å². The zero-order valence-corrected chi connectivity index (χ0v) is 20.1. The van der Waals surface area contributed by atoms with E-state index >= 15 is 0 Å². The maximum atomic E-state index is 14.2. The smallest absolute Gasteiger partial charge is 0.267 e. The molecule has 0 spiro atoms. The number of aromatic nitrogens is 1. The van der Waals surface area contributed by atoms with Crippen molar-refractivity contribution in [2.75, 3.05) is 50.6 Å². The van der Waals surface area contributed by atoms with Crippen LogP contribution < -0.4 is 20.5 Å². The molecule has 1 aromatic heterocycles. The number of carbonyl (C=O) groups is 1. The average molecular weight is 467 g/mol. The number of nitrogens with zero attached hydrogens (tertiary/aromatic N) is 3. The highest BCUT2D eigenvalue weighted by atomic mass is 19.1. The summed E-state index contributed by atoms with van der Waals surface area (Å²) in [5.74, 6) is -0.671. The third kappa shape index (κ3) is 4.63. The molecule has 1 saturated heterocycles. The molecule has 1 aliphatic rings. The number of carbonyl (C=O) groups excluding carboxylic acids is 1. The summed E-state index contributed by atoms with van der Waals surface area (Å²) in [7, 11) is 3.50. The van der Waals surface area contributed by atoms with Crippen LogP contribution in [0.3, 0.4) is 0 Å². The highest BCUT2D eigenvalue weighted by molar-refractivity contribution is 6.10. The Kier molecular flexibility index (Phi) is 6.88. The number of rotatable bonds is 6. The molecule has 180 valence electrons.